The standard InChI is InChI=1S/C32H35F3N2O5/c33-32(34,35)30(41)42-26(38)9-8-23-25(31-16-19-12-20(17-31)14-21(13-19)18-31)15-24(22-6-2-1-3-7-22)28(39)27(23)29(40)37-11-5-4-10-36/h1-3,6-9,15,19-21,39H,4-5,10-14,16-18,36H2,(H,37,40)/b9-8+. The Kier molecular flexibility index (Phi) is 8.46. The number of hydrogen-bond donors (Lipinski definition) is 3. The van der Waals surface area contributed by atoms with Crippen LogP contribution in [0, 0.1) is 17.8 Å². The van der Waals surface area contributed by atoms with Crippen LogP contribution in [-0.4, -0.2) is 42.2 Å². The molecule has 6 rings (SSSR count). The summed E-state index contributed by atoms with van der Waals surface area (Å²) in [5, 5.41) is 14.4. The third-order valence-electron chi connectivity index (χ3n) is 8.99. The molecule has 0 atom stereocenters. The monoisotopic (exact) mass is 584 g/mol. The van der Waals surface area contributed by atoms with E-state index in [4.69, 9.17) is 5.73 Å². The summed E-state index contributed by atoms with van der Waals surface area (Å²) < 4.78 is 42.1. The molecule has 4 bridgehead atoms. The molecule has 0 spiro atoms. The number of aromatic hydroxyl groups is 1. The minimum Gasteiger partial charge on any atom is -0.506 e. The van der Waals surface area contributed by atoms with Crippen LogP contribution in [0.15, 0.2) is 42.5 Å². The van der Waals surface area contributed by atoms with E-state index in [-0.39, 0.29) is 22.3 Å². The number of rotatable bonds is 9. The molecule has 0 aliphatic heterocycles. The molecule has 4 aliphatic rings. The number of nitrogens with one attached hydrogen (secondary N) is 1. The van der Waals surface area contributed by atoms with E-state index in [1.165, 1.54) is 6.08 Å². The molecule has 4 aliphatic carbocycles. The molecule has 0 saturated heterocycles. The van der Waals surface area contributed by atoms with E-state index in [1.54, 1.807) is 0 Å². The number of carbonyl (C=O) groups excluding carboxylic acids is 3. The maximum absolute atomic E-state index is 13.7. The number of hydrogen-bond acceptors (Lipinski definition) is 6. The number of ether oxygens (including phenoxy) is 1. The lowest BCUT2D eigenvalue weighted by Gasteiger charge is -2.57. The Hall–Kier alpha value is -3.66. The second-order valence-electron chi connectivity index (χ2n) is 12.0. The number of amides is 1. The number of phenols is 1. The van der Waals surface area contributed by atoms with E-state index in [9.17, 15) is 32.7 Å². The topological polar surface area (TPSA) is 119 Å². The van der Waals surface area contributed by atoms with Crippen molar-refractivity contribution in [2.75, 3.05) is 13.1 Å². The number of unbranched alkanes of at least 4 members (excludes halogenated alkanes) is 1. The van der Waals surface area contributed by atoms with Gasteiger partial charge in [0.2, 0.25) is 0 Å². The van der Waals surface area contributed by atoms with Gasteiger partial charge in [0, 0.05) is 18.2 Å². The lowest BCUT2D eigenvalue weighted by atomic mass is 9.47. The highest BCUT2D eigenvalue weighted by atomic mass is 19.4. The summed E-state index contributed by atoms with van der Waals surface area (Å²) in [6, 6.07) is 11.0. The van der Waals surface area contributed by atoms with Gasteiger partial charge in [-0.15, -0.1) is 0 Å². The van der Waals surface area contributed by atoms with E-state index in [0.29, 0.717) is 54.8 Å². The Morgan fingerprint density at radius 2 is 1.64 bits per heavy atom. The van der Waals surface area contributed by atoms with Crippen LogP contribution in [0.5, 0.6) is 5.75 Å². The molecule has 10 heteroatoms. The zero-order valence-electron chi connectivity index (χ0n) is 23.2. The smallest absolute Gasteiger partial charge is 0.491 e. The second kappa shape index (κ2) is 11.9. The first-order chi connectivity index (χ1) is 20.0. The van der Waals surface area contributed by atoms with Crippen molar-refractivity contribution in [1.29, 1.82) is 0 Å². The van der Waals surface area contributed by atoms with Crippen LogP contribution < -0.4 is 11.1 Å². The predicted molar refractivity (Wildman–Crippen MR) is 150 cm³/mol. The Bertz CT molecular complexity index is 1350. The first-order valence-electron chi connectivity index (χ1n) is 14.5. The third kappa shape index (κ3) is 6.09. The first-order valence-corrected chi connectivity index (χ1v) is 14.5. The van der Waals surface area contributed by atoms with Crippen LogP contribution in [0.1, 0.15) is 72.9 Å². The van der Waals surface area contributed by atoms with Crippen molar-refractivity contribution in [3.05, 3.63) is 59.2 Å². The Morgan fingerprint density at radius 1 is 1.02 bits per heavy atom. The van der Waals surface area contributed by atoms with E-state index in [2.05, 4.69) is 10.1 Å². The SMILES string of the molecule is NCCCCNC(=O)c1c(O)c(-c2ccccc2)cc(C23CC4CC(CC(C4)C2)C3)c1/C=C/C(=O)OC(=O)C(F)(F)F. The van der Waals surface area contributed by atoms with Crippen LogP contribution in [0.3, 0.4) is 0 Å². The highest BCUT2D eigenvalue weighted by Crippen LogP contribution is 2.62. The Morgan fingerprint density at radius 3 is 2.21 bits per heavy atom. The van der Waals surface area contributed by atoms with Gasteiger partial charge < -0.3 is 20.9 Å². The molecule has 4 N–H and O–H groups in total. The molecule has 0 heterocycles. The van der Waals surface area contributed by atoms with Gasteiger partial charge in [0.1, 0.15) is 5.75 Å². The molecule has 4 saturated carbocycles. The second-order valence-corrected chi connectivity index (χ2v) is 12.0. The van der Waals surface area contributed by atoms with Crippen LogP contribution in [-0.2, 0) is 19.7 Å². The average Bonchev–Trinajstić information content (AvgIpc) is 2.93. The normalized spacial score (nSPS) is 24.6. The van der Waals surface area contributed by atoms with Gasteiger partial charge in [0.05, 0.1) is 5.56 Å². The molecule has 4 fully saturated rings. The van der Waals surface area contributed by atoms with Gasteiger partial charge in [-0.05, 0) is 110 Å². The highest BCUT2D eigenvalue weighted by Gasteiger charge is 2.52. The summed E-state index contributed by atoms with van der Waals surface area (Å²) in [6.45, 7) is 0.747. The van der Waals surface area contributed by atoms with E-state index in [1.807, 2.05) is 36.4 Å². The zero-order valence-corrected chi connectivity index (χ0v) is 23.2. The van der Waals surface area contributed by atoms with E-state index >= 15 is 0 Å². The molecule has 224 valence electrons. The highest BCUT2D eigenvalue weighted by molar-refractivity contribution is 6.05. The van der Waals surface area contributed by atoms with Crippen molar-refractivity contribution in [1.82, 2.24) is 5.32 Å². The molecule has 2 aromatic carbocycles. The average molecular weight is 585 g/mol. The van der Waals surface area contributed by atoms with Crippen molar-refractivity contribution in [3.8, 4) is 16.9 Å². The Balaban J connectivity index is 1.65. The van der Waals surface area contributed by atoms with Crippen LogP contribution in [0.25, 0.3) is 17.2 Å². The van der Waals surface area contributed by atoms with Gasteiger partial charge >= 0.3 is 18.1 Å². The van der Waals surface area contributed by atoms with Gasteiger partial charge in [0.25, 0.3) is 5.91 Å². The Labute approximate surface area is 242 Å². The molecule has 0 radical (unpaired) electrons. The summed E-state index contributed by atoms with van der Waals surface area (Å²) in [5.41, 5.74) is 7.37. The number of phenolic OH excluding ortho intramolecular Hbond substituents is 1. The van der Waals surface area contributed by atoms with Crippen molar-refractivity contribution in [3.63, 3.8) is 0 Å². The molecule has 1 amide bonds. The van der Waals surface area contributed by atoms with Crippen LogP contribution in [0.2, 0.25) is 0 Å². The lowest BCUT2D eigenvalue weighted by Crippen LogP contribution is -2.49. The fourth-order valence-corrected chi connectivity index (χ4v) is 7.70. The molecular formula is C32H35F3N2O5. The fourth-order valence-electron chi connectivity index (χ4n) is 7.70. The molecule has 7 nitrogen and oxygen atoms in total. The van der Waals surface area contributed by atoms with Crippen molar-refractivity contribution in [2.24, 2.45) is 23.5 Å². The minimum absolute atomic E-state index is 0.0685. The maximum atomic E-state index is 13.7. The van der Waals surface area contributed by atoms with Crippen molar-refractivity contribution in [2.45, 2.75) is 63.0 Å². The lowest BCUT2D eigenvalue weighted by molar-refractivity contribution is -0.200. The number of esters is 2. The summed E-state index contributed by atoms with van der Waals surface area (Å²) in [7, 11) is 0. The van der Waals surface area contributed by atoms with Crippen LogP contribution >= 0.6 is 0 Å². The zero-order chi connectivity index (χ0) is 30.1. The summed E-state index contributed by atoms with van der Waals surface area (Å²) in [4.78, 5) is 37.3. The largest absolute Gasteiger partial charge is 0.506 e. The van der Waals surface area contributed by atoms with Crippen LogP contribution in [0.4, 0.5) is 13.2 Å². The summed E-state index contributed by atoms with van der Waals surface area (Å²) in [5.74, 6) is -3.47. The number of nitrogens with two attached hydrogens (primary N) is 1. The number of halogens is 3. The van der Waals surface area contributed by atoms with Crippen molar-refractivity contribution < 1.29 is 37.4 Å². The van der Waals surface area contributed by atoms with Gasteiger partial charge in [0.15, 0.2) is 0 Å². The summed E-state index contributed by atoms with van der Waals surface area (Å²) >= 11 is 0. The number of alkyl halides is 3. The fraction of sp³-hybridized carbons (Fsp3) is 0.469. The van der Waals surface area contributed by atoms with Gasteiger partial charge in [-0.2, -0.15) is 13.2 Å². The molecule has 0 unspecified atom stereocenters. The minimum atomic E-state index is -5.34. The molecule has 0 aromatic heterocycles. The van der Waals surface area contributed by atoms with E-state index in [0.717, 1.165) is 50.2 Å². The number of benzene rings is 2. The molecular weight excluding hydrogens is 549 g/mol. The van der Waals surface area contributed by atoms with Gasteiger partial charge in [-0.3, -0.25) is 4.79 Å². The van der Waals surface area contributed by atoms with Crippen molar-refractivity contribution >= 4 is 23.9 Å². The van der Waals surface area contributed by atoms with Gasteiger partial charge in [-0.1, -0.05) is 30.3 Å². The molecule has 42 heavy (non-hydrogen) atoms. The molecule has 2 aromatic rings. The maximum Gasteiger partial charge on any atom is 0.491 e. The van der Waals surface area contributed by atoms with E-state index < -0.39 is 24.0 Å². The van der Waals surface area contributed by atoms with Gasteiger partial charge in [-0.25, -0.2) is 9.59 Å². The third-order valence-corrected chi connectivity index (χ3v) is 8.99. The first kappa shape index (κ1) is 29.8. The quantitative estimate of drug-likeness (QED) is 0.152. The predicted octanol–water partition coefficient (Wildman–Crippen LogP) is 5.64. The number of carbonyl (C=O) groups is 3. The summed E-state index contributed by atoms with van der Waals surface area (Å²) in [6.07, 6.45) is 3.98.